The number of anilines is 1. The van der Waals surface area contributed by atoms with Gasteiger partial charge in [0.15, 0.2) is 11.6 Å². The molecule has 7 heteroatoms. The summed E-state index contributed by atoms with van der Waals surface area (Å²) in [5.41, 5.74) is 6.83. The summed E-state index contributed by atoms with van der Waals surface area (Å²) in [6, 6.07) is 15.7. The molecule has 0 aliphatic heterocycles. The van der Waals surface area contributed by atoms with E-state index in [0.717, 1.165) is 10.5 Å². The van der Waals surface area contributed by atoms with E-state index in [1.54, 1.807) is 43.3 Å². The van der Waals surface area contributed by atoms with Crippen molar-refractivity contribution in [2.24, 2.45) is 5.73 Å². The molecule has 3 aromatic rings. The third kappa shape index (κ3) is 4.55. The van der Waals surface area contributed by atoms with Gasteiger partial charge in [0.2, 0.25) is 5.91 Å². The zero-order valence-corrected chi connectivity index (χ0v) is 16.4. The van der Waals surface area contributed by atoms with Crippen LogP contribution in [-0.2, 0) is 0 Å². The number of primary amides is 1. The van der Waals surface area contributed by atoms with Crippen LogP contribution in [-0.4, -0.2) is 11.8 Å². The Hall–Kier alpha value is -3.19. The fraction of sp³-hybridized carbons (Fsp3) is 0.0476. The number of carbonyl (C=O) groups is 2. The van der Waals surface area contributed by atoms with E-state index < -0.39 is 17.6 Å². The number of hydrogen-bond donors (Lipinski definition) is 2. The summed E-state index contributed by atoms with van der Waals surface area (Å²) in [5, 5.41) is 2.62. The average molecular weight is 443 g/mol. The topological polar surface area (TPSA) is 81.4 Å². The van der Waals surface area contributed by atoms with E-state index in [-0.39, 0.29) is 11.3 Å². The van der Waals surface area contributed by atoms with Crippen molar-refractivity contribution in [2.75, 3.05) is 5.32 Å². The first-order valence-electron chi connectivity index (χ1n) is 8.28. The molecule has 0 bridgehead atoms. The Morgan fingerprint density at radius 3 is 2.39 bits per heavy atom. The third-order valence-electron chi connectivity index (χ3n) is 4.00. The lowest BCUT2D eigenvalue weighted by Crippen LogP contribution is -2.15. The van der Waals surface area contributed by atoms with Gasteiger partial charge in [0.25, 0.3) is 5.91 Å². The number of nitrogens with two attached hydrogens (primary N) is 1. The molecule has 3 aromatic carbocycles. The fourth-order valence-corrected chi connectivity index (χ4v) is 2.79. The van der Waals surface area contributed by atoms with E-state index >= 15 is 0 Å². The van der Waals surface area contributed by atoms with E-state index in [1.807, 2.05) is 0 Å². The summed E-state index contributed by atoms with van der Waals surface area (Å²) in [6.45, 7) is 1.74. The fourth-order valence-electron chi connectivity index (χ4n) is 2.52. The number of halogens is 2. The summed E-state index contributed by atoms with van der Waals surface area (Å²) in [5.74, 6) is -1.30. The van der Waals surface area contributed by atoms with Crippen molar-refractivity contribution >= 4 is 33.4 Å². The maximum atomic E-state index is 14.4. The first kappa shape index (κ1) is 19.6. The lowest BCUT2D eigenvalue weighted by atomic mass is 10.1. The third-order valence-corrected chi connectivity index (χ3v) is 4.53. The number of ether oxygens (including phenoxy) is 1. The molecule has 0 atom stereocenters. The van der Waals surface area contributed by atoms with Crippen molar-refractivity contribution in [1.82, 2.24) is 0 Å². The van der Waals surface area contributed by atoms with Crippen LogP contribution in [0.25, 0.3) is 0 Å². The quantitative estimate of drug-likeness (QED) is 0.580. The summed E-state index contributed by atoms with van der Waals surface area (Å²) < 4.78 is 20.7. The van der Waals surface area contributed by atoms with Gasteiger partial charge >= 0.3 is 0 Å². The highest BCUT2D eigenvalue weighted by molar-refractivity contribution is 9.10. The predicted molar refractivity (Wildman–Crippen MR) is 108 cm³/mol. The largest absolute Gasteiger partial charge is 0.454 e. The molecule has 28 heavy (non-hydrogen) atoms. The molecule has 5 nitrogen and oxygen atoms in total. The Labute approximate surface area is 169 Å². The second-order valence-electron chi connectivity index (χ2n) is 6.05. The maximum absolute atomic E-state index is 14.4. The predicted octanol–water partition coefficient (Wildman–Crippen LogP) is 5.04. The summed E-state index contributed by atoms with van der Waals surface area (Å²) in [7, 11) is 0. The second-order valence-corrected chi connectivity index (χ2v) is 6.96. The molecule has 0 saturated heterocycles. The molecule has 0 aliphatic carbocycles. The van der Waals surface area contributed by atoms with Crippen LogP contribution in [0.1, 0.15) is 26.3 Å². The van der Waals surface area contributed by atoms with E-state index in [1.165, 1.54) is 18.2 Å². The minimum atomic E-state index is -0.669. The Balaban J connectivity index is 1.76. The number of rotatable bonds is 5. The Morgan fingerprint density at radius 1 is 1.04 bits per heavy atom. The van der Waals surface area contributed by atoms with E-state index in [2.05, 4.69) is 21.2 Å². The number of hydrogen-bond acceptors (Lipinski definition) is 3. The number of carbonyl (C=O) groups excluding carboxylic acids is 2. The smallest absolute Gasteiger partial charge is 0.255 e. The number of nitrogens with one attached hydrogen (secondary N) is 1. The molecule has 0 fully saturated rings. The van der Waals surface area contributed by atoms with E-state index in [0.29, 0.717) is 22.6 Å². The lowest BCUT2D eigenvalue weighted by molar-refractivity contribution is 0.0995. The van der Waals surface area contributed by atoms with Gasteiger partial charge in [-0.2, -0.15) is 0 Å². The lowest BCUT2D eigenvalue weighted by Gasteiger charge is -2.10. The maximum Gasteiger partial charge on any atom is 0.255 e. The molecular weight excluding hydrogens is 427 g/mol. The summed E-state index contributed by atoms with van der Waals surface area (Å²) in [4.78, 5) is 23.8. The van der Waals surface area contributed by atoms with Crippen molar-refractivity contribution < 1.29 is 18.7 Å². The van der Waals surface area contributed by atoms with Crippen LogP contribution in [0, 0.1) is 12.7 Å². The van der Waals surface area contributed by atoms with E-state index in [9.17, 15) is 14.0 Å². The molecule has 0 unspecified atom stereocenters. The molecule has 0 saturated carbocycles. The van der Waals surface area contributed by atoms with Gasteiger partial charge < -0.3 is 15.8 Å². The van der Waals surface area contributed by atoms with Gasteiger partial charge in [0.1, 0.15) is 5.75 Å². The Morgan fingerprint density at radius 2 is 1.75 bits per heavy atom. The first-order valence-corrected chi connectivity index (χ1v) is 9.07. The van der Waals surface area contributed by atoms with Crippen LogP contribution < -0.4 is 15.8 Å². The first-order chi connectivity index (χ1) is 13.3. The van der Waals surface area contributed by atoms with Crippen molar-refractivity contribution in [3.8, 4) is 11.5 Å². The minimum Gasteiger partial charge on any atom is -0.454 e. The van der Waals surface area contributed by atoms with Gasteiger partial charge in [0, 0.05) is 21.3 Å². The van der Waals surface area contributed by atoms with Crippen LogP contribution in [0.4, 0.5) is 10.1 Å². The molecule has 0 spiro atoms. The highest BCUT2D eigenvalue weighted by atomic mass is 79.9. The molecule has 142 valence electrons. The van der Waals surface area contributed by atoms with Crippen molar-refractivity contribution in [1.29, 1.82) is 0 Å². The minimum absolute atomic E-state index is 0.00484. The highest BCUT2D eigenvalue weighted by Gasteiger charge is 2.13. The molecule has 3 rings (SSSR count). The zero-order valence-electron chi connectivity index (χ0n) is 14.8. The van der Waals surface area contributed by atoms with Crippen LogP contribution in [0.15, 0.2) is 65.1 Å². The molecule has 0 heterocycles. The number of benzene rings is 3. The number of amides is 2. The molecule has 0 radical (unpaired) electrons. The molecule has 0 aromatic heterocycles. The van der Waals surface area contributed by atoms with Crippen molar-refractivity contribution in [2.45, 2.75) is 6.92 Å². The molecule has 3 N–H and O–H groups in total. The van der Waals surface area contributed by atoms with Crippen molar-refractivity contribution in [3.63, 3.8) is 0 Å². The Kier molecular flexibility index (Phi) is 5.75. The highest BCUT2D eigenvalue weighted by Crippen LogP contribution is 2.26. The average Bonchev–Trinajstić information content (AvgIpc) is 2.66. The molecule has 0 aliphatic rings. The second kappa shape index (κ2) is 8.22. The van der Waals surface area contributed by atoms with Gasteiger partial charge in [-0.15, -0.1) is 0 Å². The van der Waals surface area contributed by atoms with Crippen LogP contribution in [0.3, 0.4) is 0 Å². The molecule has 2 amide bonds. The zero-order chi connectivity index (χ0) is 20.3. The van der Waals surface area contributed by atoms with Gasteiger partial charge in [-0.25, -0.2) is 4.39 Å². The SMILES string of the molecule is Cc1ccc(NC(=O)c2ccc(Oc3ccc(Br)cc3)c(F)c2)cc1C(N)=O. The summed E-state index contributed by atoms with van der Waals surface area (Å²) in [6.07, 6.45) is 0. The van der Waals surface area contributed by atoms with Crippen LogP contribution >= 0.6 is 15.9 Å². The molecular formula is C21H16BrFN2O3. The van der Waals surface area contributed by atoms with Crippen molar-refractivity contribution in [3.05, 3.63) is 87.6 Å². The van der Waals surface area contributed by atoms with Crippen LogP contribution in [0.2, 0.25) is 0 Å². The monoisotopic (exact) mass is 442 g/mol. The van der Waals surface area contributed by atoms with Gasteiger partial charge in [-0.05, 0) is 67.1 Å². The van der Waals surface area contributed by atoms with Gasteiger partial charge in [0.05, 0.1) is 0 Å². The standard InChI is InChI=1S/C21H16BrFN2O3/c1-12-2-6-15(11-17(12)20(24)26)25-21(27)13-3-9-19(18(23)10-13)28-16-7-4-14(22)5-8-16/h2-11H,1H3,(H2,24,26)(H,25,27). The van der Waals surface area contributed by atoms with Gasteiger partial charge in [-0.1, -0.05) is 22.0 Å². The van der Waals surface area contributed by atoms with Crippen LogP contribution in [0.5, 0.6) is 11.5 Å². The van der Waals surface area contributed by atoms with Gasteiger partial charge in [-0.3, -0.25) is 9.59 Å². The summed E-state index contributed by atoms with van der Waals surface area (Å²) >= 11 is 3.31. The Bertz CT molecular complexity index is 1050. The van der Waals surface area contributed by atoms with E-state index in [4.69, 9.17) is 10.5 Å². The number of aryl methyl sites for hydroxylation is 1. The normalized spacial score (nSPS) is 10.4.